The normalized spacial score (nSPS) is 12.8. The van der Waals surface area contributed by atoms with Crippen molar-refractivity contribution in [2.45, 2.75) is 91.9 Å². The molecule has 2 heterocycles. The highest BCUT2D eigenvalue weighted by Crippen LogP contribution is 2.55. The van der Waals surface area contributed by atoms with E-state index in [4.69, 9.17) is 0 Å². The SMILES string of the molecule is CC(C)c1cc2c3sc(C(C)(C)C)c(-c4ccc(-c5ccccc5)cc4)c3cc3c(C(C)C)cc4c5sc(C(C)(C)C)c(-c6ccc(-c7ccccc7)cc6)c5cc1c4c32. The lowest BCUT2D eigenvalue weighted by Crippen LogP contribution is -2.09. The van der Waals surface area contributed by atoms with Crippen molar-refractivity contribution < 1.29 is 0 Å². The van der Waals surface area contributed by atoms with Gasteiger partial charge in [0, 0.05) is 51.8 Å². The fourth-order valence-electron chi connectivity index (χ4n) is 9.75. The Bertz CT molecular complexity index is 2990. The Morgan fingerprint density at radius 3 is 0.983 bits per heavy atom. The standard InChI is InChI=1S/C58H54S2/c1-33(2)41-29-47-52-44(32-46-50(56(58(8,9)10)59-53(46)47)40-27-23-38(24-28-40)36-19-15-12-16-20-36)42(34(3)4)30-48-51(52)43(41)31-45-49(55(57(5,6)7)60-54(45)48)39-25-21-37(22-26-39)35-17-13-11-14-18-35/h11-34H,1-10H3. The minimum Gasteiger partial charge on any atom is -0.138 e. The van der Waals surface area contributed by atoms with Gasteiger partial charge in [0.1, 0.15) is 0 Å². The number of hydrogen-bond acceptors (Lipinski definition) is 2. The Morgan fingerprint density at radius 1 is 0.350 bits per heavy atom. The third-order valence-electron chi connectivity index (χ3n) is 12.7. The Balaban J connectivity index is 1.30. The molecule has 10 aromatic rings. The van der Waals surface area contributed by atoms with Crippen LogP contribution in [0, 0.1) is 0 Å². The van der Waals surface area contributed by atoms with Gasteiger partial charge in [-0.2, -0.15) is 0 Å². The fraction of sp³-hybridized carbons (Fsp3) is 0.241. The Morgan fingerprint density at radius 2 is 0.667 bits per heavy atom. The lowest BCUT2D eigenvalue weighted by Gasteiger charge is -2.22. The molecule has 0 atom stereocenters. The van der Waals surface area contributed by atoms with Crippen molar-refractivity contribution in [2.75, 3.05) is 0 Å². The lowest BCUT2D eigenvalue weighted by atomic mass is 9.81. The first-order valence-electron chi connectivity index (χ1n) is 21.7. The van der Waals surface area contributed by atoms with Gasteiger partial charge in [0.15, 0.2) is 0 Å². The highest BCUT2D eigenvalue weighted by atomic mass is 32.1. The Kier molecular flexibility index (Phi) is 9.17. The van der Waals surface area contributed by atoms with Gasteiger partial charge < -0.3 is 0 Å². The molecule has 0 aliphatic carbocycles. The predicted octanol–water partition coefficient (Wildman–Crippen LogP) is 18.5. The van der Waals surface area contributed by atoms with Gasteiger partial charge in [0.05, 0.1) is 0 Å². The average molecular weight is 815 g/mol. The Labute approximate surface area is 363 Å². The topological polar surface area (TPSA) is 0 Å². The molecular weight excluding hydrogens is 761 g/mol. The third kappa shape index (κ3) is 6.21. The molecule has 0 nitrogen and oxygen atoms in total. The summed E-state index contributed by atoms with van der Waals surface area (Å²) < 4.78 is 2.84. The fourth-order valence-corrected chi connectivity index (χ4v) is 12.5. The van der Waals surface area contributed by atoms with E-state index in [-0.39, 0.29) is 10.8 Å². The maximum atomic E-state index is 2.60. The molecule has 0 spiro atoms. The van der Waals surface area contributed by atoms with E-state index in [1.807, 2.05) is 22.7 Å². The van der Waals surface area contributed by atoms with E-state index in [9.17, 15) is 0 Å². The van der Waals surface area contributed by atoms with Crippen molar-refractivity contribution in [3.63, 3.8) is 0 Å². The predicted molar refractivity (Wildman–Crippen MR) is 268 cm³/mol. The highest BCUT2D eigenvalue weighted by Gasteiger charge is 2.30. The molecule has 0 radical (unpaired) electrons. The van der Waals surface area contributed by atoms with Crippen LogP contribution in [0.1, 0.15) is 102 Å². The zero-order chi connectivity index (χ0) is 41.8. The molecule has 2 aromatic heterocycles. The summed E-state index contributed by atoms with van der Waals surface area (Å²) in [6.07, 6.45) is 0. The first-order valence-corrected chi connectivity index (χ1v) is 23.4. The zero-order valence-electron chi connectivity index (χ0n) is 36.7. The van der Waals surface area contributed by atoms with Crippen molar-refractivity contribution in [3.05, 3.63) is 154 Å². The van der Waals surface area contributed by atoms with Crippen LogP contribution < -0.4 is 0 Å². The van der Waals surface area contributed by atoms with Crippen molar-refractivity contribution in [3.8, 4) is 44.5 Å². The van der Waals surface area contributed by atoms with Gasteiger partial charge in [-0.25, -0.2) is 0 Å². The summed E-state index contributed by atoms with van der Waals surface area (Å²) in [6.45, 7) is 23.9. The van der Waals surface area contributed by atoms with Crippen molar-refractivity contribution in [2.24, 2.45) is 0 Å². The molecule has 298 valence electrons. The first kappa shape index (κ1) is 38.9. The molecule has 0 aliphatic heterocycles. The number of rotatable bonds is 6. The molecule has 10 rings (SSSR count). The molecule has 0 aliphatic rings. The molecule has 0 fully saturated rings. The monoisotopic (exact) mass is 814 g/mol. The Hall–Kier alpha value is -5.28. The van der Waals surface area contributed by atoms with Crippen LogP contribution in [0.25, 0.3) is 97.0 Å². The lowest BCUT2D eigenvalue weighted by molar-refractivity contribution is 0.605. The van der Waals surface area contributed by atoms with Gasteiger partial charge in [0.25, 0.3) is 0 Å². The van der Waals surface area contributed by atoms with Gasteiger partial charge in [-0.15, -0.1) is 22.7 Å². The van der Waals surface area contributed by atoms with E-state index >= 15 is 0 Å². The molecule has 0 bridgehead atoms. The molecule has 0 N–H and O–H groups in total. The summed E-state index contributed by atoms with van der Waals surface area (Å²) in [5.41, 5.74) is 13.2. The summed E-state index contributed by atoms with van der Waals surface area (Å²) in [6, 6.07) is 50.6. The van der Waals surface area contributed by atoms with Crippen LogP contribution in [0.2, 0.25) is 0 Å². The minimum absolute atomic E-state index is 0.0222. The highest BCUT2D eigenvalue weighted by molar-refractivity contribution is 7.21. The van der Waals surface area contributed by atoms with Gasteiger partial charge >= 0.3 is 0 Å². The average Bonchev–Trinajstić information content (AvgIpc) is 3.83. The van der Waals surface area contributed by atoms with Crippen molar-refractivity contribution >= 4 is 75.2 Å². The summed E-state index contributed by atoms with van der Waals surface area (Å²) >= 11 is 4.05. The van der Waals surface area contributed by atoms with Crippen molar-refractivity contribution in [1.29, 1.82) is 0 Å². The molecule has 2 heteroatoms. The number of hydrogen-bond donors (Lipinski definition) is 0. The molecule has 60 heavy (non-hydrogen) atoms. The van der Waals surface area contributed by atoms with E-state index in [1.165, 1.54) is 118 Å². The molecule has 0 unspecified atom stereocenters. The summed E-state index contributed by atoms with van der Waals surface area (Å²) in [4.78, 5) is 2.91. The van der Waals surface area contributed by atoms with Crippen molar-refractivity contribution in [1.82, 2.24) is 0 Å². The smallest absolute Gasteiger partial charge is 0.0431 e. The second-order valence-electron chi connectivity index (χ2n) is 19.7. The van der Waals surface area contributed by atoms with Gasteiger partial charge in [-0.05, 0) is 113 Å². The molecule has 0 saturated carbocycles. The molecule has 8 aromatic carbocycles. The van der Waals surface area contributed by atoms with Crippen LogP contribution in [0.15, 0.2) is 133 Å². The quantitative estimate of drug-likeness (QED) is 0.147. The second-order valence-corrected chi connectivity index (χ2v) is 21.7. The van der Waals surface area contributed by atoms with Crippen LogP contribution in [0.3, 0.4) is 0 Å². The molecule has 0 amide bonds. The summed E-state index contributed by atoms with van der Waals surface area (Å²) in [5.74, 6) is 0.713. The van der Waals surface area contributed by atoms with E-state index in [0.717, 1.165) is 0 Å². The zero-order valence-corrected chi connectivity index (χ0v) is 38.3. The van der Waals surface area contributed by atoms with E-state index in [0.29, 0.717) is 11.8 Å². The summed E-state index contributed by atoms with van der Waals surface area (Å²) in [5, 5.41) is 11.3. The maximum Gasteiger partial charge on any atom is 0.0431 e. The maximum absolute atomic E-state index is 2.60. The summed E-state index contributed by atoms with van der Waals surface area (Å²) in [7, 11) is 0. The number of benzene rings is 8. The van der Waals surface area contributed by atoms with Crippen LogP contribution in [0.4, 0.5) is 0 Å². The molecule has 0 saturated heterocycles. The molecular formula is C58H54S2. The van der Waals surface area contributed by atoms with Gasteiger partial charge in [-0.3, -0.25) is 0 Å². The van der Waals surface area contributed by atoms with Crippen LogP contribution in [-0.2, 0) is 10.8 Å². The van der Waals surface area contributed by atoms with Crippen LogP contribution in [0.5, 0.6) is 0 Å². The number of fused-ring (bicyclic) bond motifs is 4. The van der Waals surface area contributed by atoms with E-state index in [1.54, 1.807) is 0 Å². The van der Waals surface area contributed by atoms with E-state index < -0.39 is 0 Å². The minimum atomic E-state index is -0.0222. The second kappa shape index (κ2) is 14.2. The third-order valence-corrected chi connectivity index (χ3v) is 16.0. The number of thiophene rings is 2. The van der Waals surface area contributed by atoms with Gasteiger partial charge in [0.2, 0.25) is 0 Å². The largest absolute Gasteiger partial charge is 0.138 e. The van der Waals surface area contributed by atoms with Crippen LogP contribution >= 0.6 is 22.7 Å². The first-order chi connectivity index (χ1) is 28.7. The van der Waals surface area contributed by atoms with Gasteiger partial charge in [-0.1, -0.05) is 178 Å². The van der Waals surface area contributed by atoms with Crippen LogP contribution in [-0.4, -0.2) is 0 Å². The van der Waals surface area contributed by atoms with E-state index in [2.05, 4.69) is 203 Å².